The topological polar surface area (TPSA) is 71.3 Å². The van der Waals surface area contributed by atoms with E-state index in [1.807, 2.05) is 42.7 Å². The molecule has 1 saturated heterocycles. The molecule has 1 atom stereocenters. The molecular weight excluding hydrogens is 318 g/mol. The van der Waals surface area contributed by atoms with Gasteiger partial charge in [-0.1, -0.05) is 17.7 Å². The Hall–Kier alpha value is -2.70. The summed E-state index contributed by atoms with van der Waals surface area (Å²) in [6.07, 6.45) is 0.273. The zero-order valence-electron chi connectivity index (χ0n) is 14.5. The SMILES string of the molecule is Cc1ccc(N2C[C@H](C(=O)N3CCn4c(C)nnc4C3)CC2=O)cc1. The molecule has 0 aliphatic carbocycles. The van der Waals surface area contributed by atoms with Gasteiger partial charge in [-0.15, -0.1) is 10.2 Å². The predicted molar refractivity (Wildman–Crippen MR) is 91.8 cm³/mol. The fraction of sp³-hybridized carbons (Fsp3) is 0.444. The lowest BCUT2D eigenvalue weighted by Gasteiger charge is -2.29. The van der Waals surface area contributed by atoms with Crippen molar-refractivity contribution in [2.75, 3.05) is 18.0 Å². The summed E-state index contributed by atoms with van der Waals surface area (Å²) in [5.41, 5.74) is 2.01. The maximum Gasteiger partial charge on any atom is 0.228 e. The number of carbonyl (C=O) groups is 2. The fourth-order valence-corrected chi connectivity index (χ4v) is 3.60. The normalized spacial score (nSPS) is 20.1. The highest BCUT2D eigenvalue weighted by Gasteiger charge is 2.38. The Kier molecular flexibility index (Phi) is 3.78. The van der Waals surface area contributed by atoms with Crippen LogP contribution in [0.1, 0.15) is 23.6 Å². The van der Waals surface area contributed by atoms with Gasteiger partial charge in [-0.3, -0.25) is 9.59 Å². The highest BCUT2D eigenvalue weighted by atomic mass is 16.2. The van der Waals surface area contributed by atoms with E-state index in [1.54, 1.807) is 9.80 Å². The van der Waals surface area contributed by atoms with Crippen LogP contribution in [0.4, 0.5) is 5.69 Å². The van der Waals surface area contributed by atoms with Crippen LogP contribution >= 0.6 is 0 Å². The van der Waals surface area contributed by atoms with Crippen molar-refractivity contribution in [3.05, 3.63) is 41.5 Å². The summed E-state index contributed by atoms with van der Waals surface area (Å²) in [6.45, 7) is 6.20. The Morgan fingerprint density at radius 1 is 1.12 bits per heavy atom. The van der Waals surface area contributed by atoms with Crippen LogP contribution in [0.25, 0.3) is 0 Å². The summed E-state index contributed by atoms with van der Waals surface area (Å²) in [5.74, 6) is 1.46. The second kappa shape index (κ2) is 5.98. The number of rotatable bonds is 2. The lowest BCUT2D eigenvalue weighted by molar-refractivity contribution is -0.137. The Morgan fingerprint density at radius 3 is 2.64 bits per heavy atom. The largest absolute Gasteiger partial charge is 0.333 e. The molecule has 1 fully saturated rings. The first-order valence-electron chi connectivity index (χ1n) is 8.57. The smallest absolute Gasteiger partial charge is 0.228 e. The Morgan fingerprint density at radius 2 is 1.88 bits per heavy atom. The number of carbonyl (C=O) groups excluding carboxylic acids is 2. The maximum atomic E-state index is 12.9. The predicted octanol–water partition coefficient (Wildman–Crippen LogP) is 1.29. The zero-order valence-corrected chi connectivity index (χ0v) is 14.5. The molecule has 0 bridgehead atoms. The minimum Gasteiger partial charge on any atom is -0.333 e. The van der Waals surface area contributed by atoms with Crippen LogP contribution in [0, 0.1) is 19.8 Å². The van der Waals surface area contributed by atoms with E-state index in [9.17, 15) is 9.59 Å². The van der Waals surface area contributed by atoms with Gasteiger partial charge in [-0.25, -0.2) is 0 Å². The molecular formula is C18H21N5O2. The molecule has 1 aromatic heterocycles. The highest BCUT2D eigenvalue weighted by molar-refractivity contribution is 6.00. The Balaban J connectivity index is 1.47. The molecule has 1 aromatic carbocycles. The summed E-state index contributed by atoms with van der Waals surface area (Å²) < 4.78 is 2.04. The van der Waals surface area contributed by atoms with Gasteiger partial charge in [-0.2, -0.15) is 0 Å². The van der Waals surface area contributed by atoms with E-state index in [-0.39, 0.29) is 24.2 Å². The third-order valence-electron chi connectivity index (χ3n) is 5.07. The third kappa shape index (κ3) is 2.79. The molecule has 25 heavy (non-hydrogen) atoms. The maximum absolute atomic E-state index is 12.9. The second-order valence-corrected chi connectivity index (χ2v) is 6.82. The lowest BCUT2D eigenvalue weighted by Crippen LogP contribution is -2.42. The number of benzene rings is 1. The number of aromatic nitrogens is 3. The zero-order chi connectivity index (χ0) is 17.6. The van der Waals surface area contributed by atoms with Crippen LogP contribution < -0.4 is 4.90 Å². The van der Waals surface area contributed by atoms with Gasteiger partial charge in [0.25, 0.3) is 0 Å². The molecule has 2 aliphatic heterocycles. The number of hydrogen-bond acceptors (Lipinski definition) is 4. The van der Waals surface area contributed by atoms with E-state index >= 15 is 0 Å². The number of hydrogen-bond donors (Lipinski definition) is 0. The van der Waals surface area contributed by atoms with Crippen molar-refractivity contribution in [3.63, 3.8) is 0 Å². The first-order chi connectivity index (χ1) is 12.0. The molecule has 0 unspecified atom stereocenters. The number of nitrogens with zero attached hydrogens (tertiary/aromatic N) is 5. The van der Waals surface area contributed by atoms with Crippen LogP contribution in [0.15, 0.2) is 24.3 Å². The molecule has 0 spiro atoms. The molecule has 2 aliphatic rings. The number of aryl methyl sites for hydroxylation is 2. The molecule has 7 nitrogen and oxygen atoms in total. The molecule has 3 heterocycles. The Bertz CT molecular complexity index is 826. The summed E-state index contributed by atoms with van der Waals surface area (Å²) in [6, 6.07) is 7.84. The summed E-state index contributed by atoms with van der Waals surface area (Å²) in [7, 11) is 0. The molecule has 7 heteroatoms. The molecule has 0 N–H and O–H groups in total. The van der Waals surface area contributed by atoms with Crippen molar-refractivity contribution >= 4 is 17.5 Å². The number of amides is 2. The van der Waals surface area contributed by atoms with E-state index in [2.05, 4.69) is 10.2 Å². The lowest BCUT2D eigenvalue weighted by atomic mass is 10.1. The van der Waals surface area contributed by atoms with Crippen molar-refractivity contribution in [1.29, 1.82) is 0 Å². The van der Waals surface area contributed by atoms with Crippen LogP contribution in [-0.4, -0.2) is 44.6 Å². The third-order valence-corrected chi connectivity index (χ3v) is 5.07. The van der Waals surface area contributed by atoms with Gasteiger partial charge >= 0.3 is 0 Å². The number of anilines is 1. The van der Waals surface area contributed by atoms with Crippen molar-refractivity contribution in [2.24, 2.45) is 5.92 Å². The van der Waals surface area contributed by atoms with E-state index in [1.165, 1.54) is 0 Å². The van der Waals surface area contributed by atoms with Crippen molar-refractivity contribution in [2.45, 2.75) is 33.4 Å². The van der Waals surface area contributed by atoms with Crippen LogP contribution in [0.2, 0.25) is 0 Å². The van der Waals surface area contributed by atoms with Gasteiger partial charge in [0.1, 0.15) is 5.82 Å². The quantitative estimate of drug-likeness (QED) is 0.827. The average Bonchev–Trinajstić information content (AvgIpc) is 3.18. The van der Waals surface area contributed by atoms with Crippen LogP contribution in [0.5, 0.6) is 0 Å². The van der Waals surface area contributed by atoms with Gasteiger partial charge in [0.2, 0.25) is 11.8 Å². The summed E-state index contributed by atoms with van der Waals surface area (Å²) >= 11 is 0. The fourth-order valence-electron chi connectivity index (χ4n) is 3.60. The van der Waals surface area contributed by atoms with Gasteiger partial charge in [-0.05, 0) is 26.0 Å². The van der Waals surface area contributed by atoms with Crippen LogP contribution in [-0.2, 0) is 22.7 Å². The molecule has 0 radical (unpaired) electrons. The molecule has 2 amide bonds. The van der Waals surface area contributed by atoms with Crippen molar-refractivity contribution in [1.82, 2.24) is 19.7 Å². The Labute approximate surface area is 146 Å². The number of fused-ring (bicyclic) bond motifs is 1. The molecule has 130 valence electrons. The molecule has 2 aromatic rings. The second-order valence-electron chi connectivity index (χ2n) is 6.82. The van der Waals surface area contributed by atoms with Gasteiger partial charge in [0, 0.05) is 31.7 Å². The molecule has 0 saturated carbocycles. The molecule has 4 rings (SSSR count). The van der Waals surface area contributed by atoms with Gasteiger partial charge in [0.15, 0.2) is 5.82 Å². The monoisotopic (exact) mass is 339 g/mol. The van der Waals surface area contributed by atoms with Crippen molar-refractivity contribution in [3.8, 4) is 0 Å². The summed E-state index contributed by atoms with van der Waals surface area (Å²) in [5, 5.41) is 8.22. The van der Waals surface area contributed by atoms with Gasteiger partial charge < -0.3 is 14.4 Å². The minimum atomic E-state index is -0.288. The minimum absolute atomic E-state index is 0.0122. The van der Waals surface area contributed by atoms with E-state index in [4.69, 9.17) is 0 Å². The average molecular weight is 339 g/mol. The standard InChI is InChI=1S/C18H21N5O2/c1-12-3-5-15(6-4-12)23-10-14(9-17(23)24)18(25)21-7-8-22-13(2)19-20-16(22)11-21/h3-6,14H,7-11H2,1-2H3/t14-/m1/s1. The van der Waals surface area contributed by atoms with Crippen LogP contribution in [0.3, 0.4) is 0 Å². The summed E-state index contributed by atoms with van der Waals surface area (Å²) in [4.78, 5) is 28.8. The highest BCUT2D eigenvalue weighted by Crippen LogP contribution is 2.27. The van der Waals surface area contributed by atoms with Crippen molar-refractivity contribution < 1.29 is 9.59 Å². The van der Waals surface area contributed by atoms with E-state index in [0.717, 1.165) is 22.9 Å². The van der Waals surface area contributed by atoms with E-state index in [0.29, 0.717) is 26.2 Å². The first-order valence-corrected chi connectivity index (χ1v) is 8.57. The van der Waals surface area contributed by atoms with E-state index < -0.39 is 0 Å². The van der Waals surface area contributed by atoms with Gasteiger partial charge in [0.05, 0.1) is 12.5 Å². The first kappa shape index (κ1) is 15.8.